The van der Waals surface area contributed by atoms with Gasteiger partial charge in [-0.2, -0.15) is 9.61 Å². The van der Waals surface area contributed by atoms with Crippen molar-refractivity contribution in [1.29, 1.82) is 0 Å². The van der Waals surface area contributed by atoms with Crippen molar-refractivity contribution in [1.82, 2.24) is 14.6 Å². The van der Waals surface area contributed by atoms with Crippen molar-refractivity contribution in [3.8, 4) is 10.4 Å². The lowest BCUT2D eigenvalue weighted by Gasteiger charge is -2.03. The largest absolute Gasteiger partial charge is 0.307 e. The van der Waals surface area contributed by atoms with Crippen LogP contribution in [0.1, 0.15) is 4.88 Å². The fourth-order valence-corrected chi connectivity index (χ4v) is 3.37. The highest BCUT2D eigenvalue weighted by atomic mass is 32.1. The highest BCUT2D eigenvalue weighted by molar-refractivity contribution is 7.16. The lowest BCUT2D eigenvalue weighted by atomic mass is 10.2. The highest BCUT2D eigenvalue weighted by Crippen LogP contribution is 2.28. The van der Waals surface area contributed by atoms with Gasteiger partial charge in [-0.3, -0.25) is 4.79 Å². The summed E-state index contributed by atoms with van der Waals surface area (Å²) in [7, 11) is 0. The predicted molar refractivity (Wildman–Crippen MR) is 100 cm³/mol. The fourth-order valence-electron chi connectivity index (χ4n) is 2.45. The van der Waals surface area contributed by atoms with Gasteiger partial charge in [0.2, 0.25) is 5.91 Å². The summed E-state index contributed by atoms with van der Waals surface area (Å²) in [5.74, 6) is 0.374. The molecule has 4 rings (SSSR count). The molecule has 0 fully saturated rings. The van der Waals surface area contributed by atoms with Crippen LogP contribution in [0.4, 0.5) is 5.82 Å². The second kappa shape index (κ2) is 6.70. The molecule has 0 aliphatic rings. The molecule has 0 atom stereocenters. The fraction of sp³-hybridized carbons (Fsp3) is 0. The number of hydrogen-bond donors (Lipinski definition) is 1. The van der Waals surface area contributed by atoms with Crippen LogP contribution in [-0.2, 0) is 4.79 Å². The Morgan fingerprint density at radius 2 is 1.92 bits per heavy atom. The molecule has 5 nitrogen and oxygen atoms in total. The smallest absolute Gasteiger partial charge is 0.249 e. The average molecular weight is 346 g/mol. The minimum Gasteiger partial charge on any atom is -0.307 e. The Kier molecular flexibility index (Phi) is 4.10. The summed E-state index contributed by atoms with van der Waals surface area (Å²) in [6, 6.07) is 17.7. The SMILES string of the molecule is O=C(/C=C/c1ccc(-c2ccccc2)s1)Nc1ccnc2ccnn12. The molecule has 0 aliphatic carbocycles. The molecule has 3 heterocycles. The van der Waals surface area contributed by atoms with Crippen LogP contribution in [0, 0.1) is 0 Å². The van der Waals surface area contributed by atoms with E-state index in [1.165, 1.54) is 16.5 Å². The Labute approximate surface area is 148 Å². The summed E-state index contributed by atoms with van der Waals surface area (Å²) in [4.78, 5) is 18.5. The van der Waals surface area contributed by atoms with Gasteiger partial charge in [-0.1, -0.05) is 30.3 Å². The van der Waals surface area contributed by atoms with Gasteiger partial charge in [0.15, 0.2) is 5.65 Å². The Hall–Kier alpha value is -3.25. The maximum absolute atomic E-state index is 12.2. The van der Waals surface area contributed by atoms with Crippen LogP contribution in [0.5, 0.6) is 0 Å². The summed E-state index contributed by atoms with van der Waals surface area (Å²) < 4.78 is 1.59. The predicted octanol–water partition coefficient (Wildman–Crippen LogP) is 4.11. The van der Waals surface area contributed by atoms with Gasteiger partial charge in [0.25, 0.3) is 0 Å². The third-order valence-electron chi connectivity index (χ3n) is 3.63. The average Bonchev–Trinajstić information content (AvgIpc) is 3.31. The zero-order valence-corrected chi connectivity index (χ0v) is 14.0. The van der Waals surface area contributed by atoms with Crippen LogP contribution in [0.15, 0.2) is 73.1 Å². The van der Waals surface area contributed by atoms with E-state index in [9.17, 15) is 4.79 Å². The Morgan fingerprint density at radius 3 is 2.80 bits per heavy atom. The Morgan fingerprint density at radius 1 is 1.04 bits per heavy atom. The number of nitrogens with zero attached hydrogens (tertiary/aromatic N) is 3. The second-order valence-electron chi connectivity index (χ2n) is 5.32. The molecular formula is C19H14N4OS. The maximum Gasteiger partial charge on any atom is 0.249 e. The molecule has 0 bridgehead atoms. The van der Waals surface area contributed by atoms with E-state index >= 15 is 0 Å². The number of rotatable bonds is 4. The van der Waals surface area contributed by atoms with Gasteiger partial charge in [0, 0.05) is 28.1 Å². The molecule has 0 unspecified atom stereocenters. The van der Waals surface area contributed by atoms with Crippen molar-refractivity contribution in [3.63, 3.8) is 0 Å². The number of hydrogen-bond acceptors (Lipinski definition) is 4. The molecule has 1 aromatic carbocycles. The van der Waals surface area contributed by atoms with E-state index in [0.29, 0.717) is 11.5 Å². The van der Waals surface area contributed by atoms with Crippen LogP contribution in [-0.4, -0.2) is 20.5 Å². The van der Waals surface area contributed by atoms with Gasteiger partial charge in [0.05, 0.1) is 6.20 Å². The van der Waals surface area contributed by atoms with Crippen LogP contribution >= 0.6 is 11.3 Å². The van der Waals surface area contributed by atoms with Crippen molar-refractivity contribution >= 4 is 34.8 Å². The molecule has 4 aromatic rings. The first-order chi connectivity index (χ1) is 12.3. The van der Waals surface area contributed by atoms with Gasteiger partial charge in [-0.05, 0) is 29.8 Å². The van der Waals surface area contributed by atoms with Crippen LogP contribution in [0.25, 0.3) is 22.2 Å². The van der Waals surface area contributed by atoms with Crippen molar-refractivity contribution in [2.75, 3.05) is 5.32 Å². The standard InChI is InChI=1S/C19H14N4OS/c24-19(22-18-10-12-20-17-11-13-21-23(17)18)9-7-15-6-8-16(25-15)14-4-2-1-3-5-14/h1-13H,(H,22,24)/b9-7+. The molecule has 122 valence electrons. The number of aromatic nitrogens is 3. The van der Waals surface area contributed by atoms with E-state index in [1.807, 2.05) is 30.3 Å². The summed E-state index contributed by atoms with van der Waals surface area (Å²) >= 11 is 1.64. The quantitative estimate of drug-likeness (QED) is 0.566. The van der Waals surface area contributed by atoms with E-state index < -0.39 is 0 Å². The number of thiophene rings is 1. The molecule has 0 radical (unpaired) electrons. The summed E-state index contributed by atoms with van der Waals surface area (Å²) in [5, 5.41) is 6.96. The lowest BCUT2D eigenvalue weighted by molar-refractivity contribution is -0.111. The molecular weight excluding hydrogens is 332 g/mol. The van der Waals surface area contributed by atoms with Gasteiger partial charge >= 0.3 is 0 Å². The summed E-state index contributed by atoms with van der Waals surface area (Å²) in [6.45, 7) is 0. The monoisotopic (exact) mass is 346 g/mol. The molecule has 0 saturated heterocycles. The van der Waals surface area contributed by atoms with Crippen molar-refractivity contribution in [2.45, 2.75) is 0 Å². The summed E-state index contributed by atoms with van der Waals surface area (Å²) in [6.07, 6.45) is 6.62. The molecule has 0 saturated carbocycles. The second-order valence-corrected chi connectivity index (χ2v) is 6.44. The highest BCUT2D eigenvalue weighted by Gasteiger charge is 2.05. The maximum atomic E-state index is 12.2. The van der Waals surface area contributed by atoms with Crippen molar-refractivity contribution in [2.24, 2.45) is 0 Å². The minimum absolute atomic E-state index is 0.210. The topological polar surface area (TPSA) is 59.3 Å². The van der Waals surface area contributed by atoms with Gasteiger partial charge in [-0.15, -0.1) is 11.3 Å². The van der Waals surface area contributed by atoms with Crippen LogP contribution in [0.2, 0.25) is 0 Å². The third kappa shape index (κ3) is 3.34. The normalized spacial score (nSPS) is 11.2. The molecule has 25 heavy (non-hydrogen) atoms. The number of fused-ring (bicyclic) bond motifs is 1. The molecule has 1 N–H and O–H groups in total. The first-order valence-electron chi connectivity index (χ1n) is 7.73. The Bertz CT molecular complexity index is 1050. The Balaban J connectivity index is 1.48. The number of benzene rings is 1. The van der Waals surface area contributed by atoms with Gasteiger partial charge in [0.1, 0.15) is 5.82 Å². The molecule has 3 aromatic heterocycles. The van der Waals surface area contributed by atoms with Gasteiger partial charge in [-0.25, -0.2) is 4.98 Å². The van der Waals surface area contributed by atoms with Gasteiger partial charge < -0.3 is 5.32 Å². The van der Waals surface area contributed by atoms with E-state index in [2.05, 4.69) is 33.6 Å². The van der Waals surface area contributed by atoms with E-state index in [4.69, 9.17) is 0 Å². The first kappa shape index (κ1) is 15.3. The number of carbonyl (C=O) groups excluding carboxylic acids is 1. The summed E-state index contributed by atoms with van der Waals surface area (Å²) in [5.41, 5.74) is 1.86. The first-order valence-corrected chi connectivity index (χ1v) is 8.54. The zero-order valence-electron chi connectivity index (χ0n) is 13.2. The van der Waals surface area contributed by atoms with Crippen molar-refractivity contribution < 1.29 is 4.79 Å². The van der Waals surface area contributed by atoms with E-state index in [1.54, 1.807) is 40.4 Å². The number of carbonyl (C=O) groups is 1. The lowest BCUT2D eigenvalue weighted by Crippen LogP contribution is -2.11. The van der Waals surface area contributed by atoms with Crippen molar-refractivity contribution in [3.05, 3.63) is 77.9 Å². The van der Waals surface area contributed by atoms with E-state index in [-0.39, 0.29) is 5.91 Å². The zero-order chi connectivity index (χ0) is 17.1. The van der Waals surface area contributed by atoms with Crippen LogP contribution in [0.3, 0.4) is 0 Å². The molecule has 6 heteroatoms. The number of anilines is 1. The number of nitrogens with one attached hydrogen (secondary N) is 1. The van der Waals surface area contributed by atoms with E-state index in [0.717, 1.165) is 4.88 Å². The molecule has 0 aliphatic heterocycles. The third-order valence-corrected chi connectivity index (χ3v) is 4.73. The number of amides is 1. The molecule has 1 amide bonds. The van der Waals surface area contributed by atoms with Crippen LogP contribution < -0.4 is 5.32 Å². The minimum atomic E-state index is -0.210. The molecule has 0 spiro atoms.